The number of likely N-dealkylation sites (tertiary alicyclic amines) is 1. The lowest BCUT2D eigenvalue weighted by atomic mass is 10.0. The molecule has 0 aromatic carbocycles. The maximum Gasteiger partial charge on any atom is 0.242 e. The molecule has 1 heterocycles. The predicted molar refractivity (Wildman–Crippen MR) is 54.6 cm³/mol. The highest BCUT2D eigenvalue weighted by atomic mass is 16.3. The van der Waals surface area contributed by atoms with E-state index >= 15 is 0 Å². The topological polar surface area (TPSA) is 66.6 Å². The molecule has 3 N–H and O–H groups in total. The van der Waals surface area contributed by atoms with E-state index in [9.17, 15) is 9.90 Å². The number of aliphatic hydroxyl groups is 1. The van der Waals surface area contributed by atoms with Gasteiger partial charge in [0.05, 0.1) is 11.6 Å². The van der Waals surface area contributed by atoms with E-state index in [4.69, 9.17) is 5.73 Å². The molecule has 1 saturated heterocycles. The van der Waals surface area contributed by atoms with Crippen LogP contribution in [0.2, 0.25) is 0 Å². The van der Waals surface area contributed by atoms with Crippen LogP contribution in [0.3, 0.4) is 0 Å². The minimum absolute atomic E-state index is 0.0272. The van der Waals surface area contributed by atoms with E-state index in [-0.39, 0.29) is 17.9 Å². The number of hydrogen-bond acceptors (Lipinski definition) is 3. The van der Waals surface area contributed by atoms with E-state index in [1.54, 1.807) is 25.7 Å². The summed E-state index contributed by atoms with van der Waals surface area (Å²) in [6, 6.07) is 0. The molecule has 0 aromatic rings. The van der Waals surface area contributed by atoms with Gasteiger partial charge in [-0.25, -0.2) is 0 Å². The number of amides is 1. The fourth-order valence-corrected chi connectivity index (χ4v) is 1.77. The van der Waals surface area contributed by atoms with Crippen molar-refractivity contribution in [2.75, 3.05) is 13.1 Å². The lowest BCUT2D eigenvalue weighted by Gasteiger charge is -2.25. The fraction of sp³-hybridized carbons (Fsp3) is 0.900. The Balaban J connectivity index is 2.54. The lowest BCUT2D eigenvalue weighted by molar-refractivity contribution is -0.134. The number of hydrogen-bond donors (Lipinski definition) is 2. The highest BCUT2D eigenvalue weighted by molar-refractivity contribution is 5.85. The molecule has 0 aromatic heterocycles. The van der Waals surface area contributed by atoms with Crippen molar-refractivity contribution in [2.24, 2.45) is 11.7 Å². The Morgan fingerprint density at radius 2 is 2.21 bits per heavy atom. The highest BCUT2D eigenvalue weighted by Crippen LogP contribution is 2.21. The zero-order valence-corrected chi connectivity index (χ0v) is 9.16. The highest BCUT2D eigenvalue weighted by Gasteiger charge is 2.34. The van der Waals surface area contributed by atoms with Crippen molar-refractivity contribution in [3.63, 3.8) is 0 Å². The SMILES string of the molecule is CC(O)C1CCN(C(=O)C(C)(C)N)C1. The first-order valence-corrected chi connectivity index (χ1v) is 5.08. The predicted octanol–water partition coefficient (Wildman–Crippen LogP) is -0.0470. The summed E-state index contributed by atoms with van der Waals surface area (Å²) in [5.41, 5.74) is 4.93. The third kappa shape index (κ3) is 2.45. The van der Waals surface area contributed by atoms with Gasteiger partial charge in [-0.1, -0.05) is 0 Å². The zero-order valence-electron chi connectivity index (χ0n) is 9.16. The van der Waals surface area contributed by atoms with Crippen LogP contribution in [0.5, 0.6) is 0 Å². The molecule has 1 aliphatic rings. The summed E-state index contributed by atoms with van der Waals surface area (Å²) in [6.07, 6.45) is 0.535. The largest absolute Gasteiger partial charge is 0.393 e. The van der Waals surface area contributed by atoms with Gasteiger partial charge in [-0.15, -0.1) is 0 Å². The van der Waals surface area contributed by atoms with Crippen LogP contribution in [-0.2, 0) is 4.79 Å². The molecule has 0 bridgehead atoms. The average molecular weight is 200 g/mol. The minimum atomic E-state index is -0.798. The monoisotopic (exact) mass is 200 g/mol. The van der Waals surface area contributed by atoms with Crippen molar-refractivity contribution in [3.8, 4) is 0 Å². The van der Waals surface area contributed by atoms with E-state index in [0.29, 0.717) is 6.54 Å². The van der Waals surface area contributed by atoms with Crippen LogP contribution in [0.4, 0.5) is 0 Å². The molecule has 4 heteroatoms. The van der Waals surface area contributed by atoms with Crippen molar-refractivity contribution in [3.05, 3.63) is 0 Å². The third-order valence-electron chi connectivity index (χ3n) is 2.75. The molecule has 82 valence electrons. The van der Waals surface area contributed by atoms with Crippen LogP contribution in [0.25, 0.3) is 0 Å². The van der Waals surface area contributed by atoms with Gasteiger partial charge in [-0.2, -0.15) is 0 Å². The van der Waals surface area contributed by atoms with Crippen LogP contribution >= 0.6 is 0 Å². The van der Waals surface area contributed by atoms with Crippen molar-refractivity contribution in [2.45, 2.75) is 38.8 Å². The van der Waals surface area contributed by atoms with Gasteiger partial charge in [0, 0.05) is 19.0 Å². The Morgan fingerprint density at radius 3 is 2.57 bits per heavy atom. The molecule has 0 radical (unpaired) electrons. The van der Waals surface area contributed by atoms with Crippen LogP contribution in [0.1, 0.15) is 27.2 Å². The Morgan fingerprint density at radius 1 is 1.64 bits per heavy atom. The number of carbonyl (C=O) groups excluding carboxylic acids is 1. The maximum absolute atomic E-state index is 11.8. The summed E-state index contributed by atoms with van der Waals surface area (Å²) in [6.45, 7) is 6.55. The van der Waals surface area contributed by atoms with Gasteiger partial charge in [-0.05, 0) is 27.2 Å². The van der Waals surface area contributed by atoms with Gasteiger partial charge in [0.15, 0.2) is 0 Å². The molecule has 2 unspecified atom stereocenters. The molecular weight excluding hydrogens is 180 g/mol. The summed E-state index contributed by atoms with van der Waals surface area (Å²) in [5.74, 6) is 0.182. The fourth-order valence-electron chi connectivity index (χ4n) is 1.77. The molecule has 0 spiro atoms. The second-order valence-corrected chi connectivity index (χ2v) is 4.76. The molecule has 1 aliphatic heterocycles. The summed E-state index contributed by atoms with van der Waals surface area (Å²) < 4.78 is 0. The summed E-state index contributed by atoms with van der Waals surface area (Å²) >= 11 is 0. The summed E-state index contributed by atoms with van der Waals surface area (Å²) in [7, 11) is 0. The van der Waals surface area contributed by atoms with E-state index in [1.807, 2.05) is 0 Å². The normalized spacial score (nSPS) is 25.2. The molecule has 1 amide bonds. The summed E-state index contributed by atoms with van der Waals surface area (Å²) in [4.78, 5) is 13.5. The Bertz CT molecular complexity index is 221. The second kappa shape index (κ2) is 3.87. The molecule has 0 aliphatic carbocycles. The molecule has 2 atom stereocenters. The smallest absolute Gasteiger partial charge is 0.242 e. The van der Waals surface area contributed by atoms with E-state index in [0.717, 1.165) is 13.0 Å². The van der Waals surface area contributed by atoms with Gasteiger partial charge < -0.3 is 15.7 Å². The van der Waals surface area contributed by atoms with Crippen LogP contribution in [0.15, 0.2) is 0 Å². The van der Waals surface area contributed by atoms with Crippen molar-refractivity contribution < 1.29 is 9.90 Å². The van der Waals surface area contributed by atoms with Gasteiger partial charge in [0.25, 0.3) is 0 Å². The Labute approximate surface area is 85.1 Å². The first-order chi connectivity index (χ1) is 6.32. The van der Waals surface area contributed by atoms with Crippen LogP contribution < -0.4 is 5.73 Å². The standard InChI is InChI=1S/C10H20N2O2/c1-7(13)8-4-5-12(6-8)9(14)10(2,3)11/h7-8,13H,4-6,11H2,1-3H3. The van der Waals surface area contributed by atoms with E-state index in [2.05, 4.69) is 0 Å². The number of nitrogens with zero attached hydrogens (tertiary/aromatic N) is 1. The average Bonchev–Trinajstić information content (AvgIpc) is 2.48. The molecule has 1 fully saturated rings. The van der Waals surface area contributed by atoms with E-state index < -0.39 is 5.54 Å². The zero-order chi connectivity index (χ0) is 10.9. The summed E-state index contributed by atoms with van der Waals surface area (Å²) in [5, 5.41) is 9.39. The lowest BCUT2D eigenvalue weighted by Crippen LogP contribution is -2.50. The molecular formula is C10H20N2O2. The van der Waals surface area contributed by atoms with Crippen molar-refractivity contribution >= 4 is 5.91 Å². The minimum Gasteiger partial charge on any atom is -0.393 e. The first kappa shape index (κ1) is 11.5. The Kier molecular flexibility index (Phi) is 3.17. The molecule has 4 nitrogen and oxygen atoms in total. The second-order valence-electron chi connectivity index (χ2n) is 4.76. The molecule has 14 heavy (non-hydrogen) atoms. The maximum atomic E-state index is 11.8. The Hall–Kier alpha value is -0.610. The first-order valence-electron chi connectivity index (χ1n) is 5.08. The number of aliphatic hydroxyl groups excluding tert-OH is 1. The number of rotatable bonds is 2. The van der Waals surface area contributed by atoms with Crippen LogP contribution in [-0.4, -0.2) is 40.6 Å². The molecule has 0 saturated carbocycles. The third-order valence-corrected chi connectivity index (χ3v) is 2.75. The van der Waals surface area contributed by atoms with Gasteiger partial charge in [-0.3, -0.25) is 4.79 Å². The van der Waals surface area contributed by atoms with Gasteiger partial charge in [0.1, 0.15) is 0 Å². The number of nitrogens with two attached hydrogens (primary N) is 1. The van der Waals surface area contributed by atoms with Crippen molar-refractivity contribution in [1.82, 2.24) is 4.90 Å². The number of carbonyl (C=O) groups is 1. The quantitative estimate of drug-likeness (QED) is 0.657. The van der Waals surface area contributed by atoms with Crippen LogP contribution in [0, 0.1) is 5.92 Å². The molecule has 1 rings (SSSR count). The van der Waals surface area contributed by atoms with Gasteiger partial charge in [0.2, 0.25) is 5.91 Å². The van der Waals surface area contributed by atoms with Gasteiger partial charge >= 0.3 is 0 Å². The van der Waals surface area contributed by atoms with Crippen molar-refractivity contribution in [1.29, 1.82) is 0 Å². The van der Waals surface area contributed by atoms with E-state index in [1.165, 1.54) is 0 Å².